The summed E-state index contributed by atoms with van der Waals surface area (Å²) in [7, 11) is 0. The number of amides is 1. The minimum atomic E-state index is -1.45. The van der Waals surface area contributed by atoms with Crippen molar-refractivity contribution in [2.24, 2.45) is 0 Å². The monoisotopic (exact) mass is 264 g/mol. The normalized spacial score (nSPS) is 11.9. The highest BCUT2D eigenvalue weighted by atomic mass is 16.4. The summed E-state index contributed by atoms with van der Waals surface area (Å²) in [5, 5.41) is 11.1. The summed E-state index contributed by atoms with van der Waals surface area (Å²) in [5.41, 5.74) is 2.09. The van der Waals surface area contributed by atoms with Crippen LogP contribution in [0.25, 0.3) is 0 Å². The molecule has 0 fully saturated rings. The number of nitrogens with zero attached hydrogens (tertiary/aromatic N) is 1. The summed E-state index contributed by atoms with van der Waals surface area (Å²) < 4.78 is 0. The quantitative estimate of drug-likeness (QED) is 0.764. The minimum absolute atomic E-state index is 0.201. The molecule has 5 heteroatoms. The first-order valence-corrected chi connectivity index (χ1v) is 6.54. The van der Waals surface area contributed by atoms with Crippen molar-refractivity contribution >= 4 is 11.9 Å². The molecule has 0 aliphatic rings. The van der Waals surface area contributed by atoms with Crippen LogP contribution in [0.1, 0.15) is 37.9 Å². The van der Waals surface area contributed by atoms with E-state index in [0.29, 0.717) is 12.8 Å². The fraction of sp³-hybridized carbons (Fsp3) is 0.500. The summed E-state index contributed by atoms with van der Waals surface area (Å²) >= 11 is 0. The van der Waals surface area contributed by atoms with Gasteiger partial charge >= 0.3 is 11.9 Å². The second-order valence-corrected chi connectivity index (χ2v) is 4.49. The number of nitrogens with one attached hydrogen (secondary N) is 1. The summed E-state index contributed by atoms with van der Waals surface area (Å²) in [6, 6.07) is 3.79. The summed E-state index contributed by atoms with van der Waals surface area (Å²) in [5.74, 6) is -2.41. The Balaban J connectivity index is 2.67. The van der Waals surface area contributed by atoms with Gasteiger partial charge in [0.15, 0.2) is 0 Å². The van der Waals surface area contributed by atoms with E-state index in [2.05, 4.69) is 17.2 Å². The molecule has 0 saturated carbocycles. The van der Waals surface area contributed by atoms with Crippen LogP contribution >= 0.6 is 0 Å². The molecule has 0 saturated heterocycles. The summed E-state index contributed by atoms with van der Waals surface area (Å²) in [4.78, 5) is 25.9. The average molecular weight is 264 g/mol. The van der Waals surface area contributed by atoms with Crippen LogP contribution in [0.3, 0.4) is 0 Å². The fourth-order valence-corrected chi connectivity index (χ4v) is 1.88. The van der Waals surface area contributed by atoms with Gasteiger partial charge in [0.25, 0.3) is 0 Å². The van der Waals surface area contributed by atoms with Gasteiger partial charge in [0, 0.05) is 24.4 Å². The van der Waals surface area contributed by atoms with E-state index in [-0.39, 0.29) is 6.04 Å². The number of hydrogen-bond donors (Lipinski definition) is 2. The van der Waals surface area contributed by atoms with E-state index in [9.17, 15) is 9.59 Å². The first-order chi connectivity index (χ1) is 9.06. The molecule has 0 aromatic carbocycles. The fourth-order valence-electron chi connectivity index (χ4n) is 1.88. The molecule has 1 heterocycles. The number of aromatic nitrogens is 1. The van der Waals surface area contributed by atoms with Crippen molar-refractivity contribution in [2.75, 3.05) is 0 Å². The van der Waals surface area contributed by atoms with Gasteiger partial charge < -0.3 is 10.4 Å². The standard InChI is InChI=1S/C14H20N2O3/c1-3-5-10-6-7-15-12(8-10)9-11(4-2)16-13(17)14(18)19/h6-8,11H,3-5,9H2,1-2H3,(H,16,17)(H,18,19). The zero-order valence-corrected chi connectivity index (χ0v) is 11.3. The third-order valence-electron chi connectivity index (χ3n) is 2.90. The van der Waals surface area contributed by atoms with Crippen LogP contribution in [0, 0.1) is 0 Å². The molecule has 1 unspecified atom stereocenters. The van der Waals surface area contributed by atoms with Crippen molar-refractivity contribution in [2.45, 2.75) is 45.6 Å². The number of aryl methyl sites for hydroxylation is 1. The minimum Gasteiger partial charge on any atom is -0.474 e. The molecule has 19 heavy (non-hydrogen) atoms. The predicted molar refractivity (Wildman–Crippen MR) is 71.8 cm³/mol. The van der Waals surface area contributed by atoms with Crippen molar-refractivity contribution in [3.05, 3.63) is 29.6 Å². The van der Waals surface area contributed by atoms with E-state index in [1.165, 1.54) is 5.56 Å². The lowest BCUT2D eigenvalue weighted by molar-refractivity contribution is -0.150. The molecule has 0 bridgehead atoms. The largest absolute Gasteiger partial charge is 0.474 e. The molecule has 1 aromatic rings. The average Bonchev–Trinajstić information content (AvgIpc) is 2.38. The van der Waals surface area contributed by atoms with E-state index in [1.54, 1.807) is 6.20 Å². The molecular formula is C14H20N2O3. The van der Waals surface area contributed by atoms with Crippen LogP contribution in [0.15, 0.2) is 18.3 Å². The highest BCUT2D eigenvalue weighted by Crippen LogP contribution is 2.08. The second kappa shape index (κ2) is 7.51. The van der Waals surface area contributed by atoms with Crippen molar-refractivity contribution < 1.29 is 14.7 Å². The van der Waals surface area contributed by atoms with Gasteiger partial charge in [-0.25, -0.2) is 4.79 Å². The number of hydrogen-bond acceptors (Lipinski definition) is 3. The lowest BCUT2D eigenvalue weighted by atomic mass is 10.1. The Bertz CT molecular complexity index is 446. The van der Waals surface area contributed by atoms with E-state index in [0.717, 1.165) is 18.5 Å². The van der Waals surface area contributed by atoms with Gasteiger partial charge in [0.1, 0.15) is 0 Å². The number of rotatable bonds is 6. The summed E-state index contributed by atoms with van der Waals surface area (Å²) in [6.07, 6.45) is 5.03. The maximum Gasteiger partial charge on any atom is 0.394 e. The van der Waals surface area contributed by atoms with Crippen LogP contribution in [0.5, 0.6) is 0 Å². The molecular weight excluding hydrogens is 244 g/mol. The van der Waals surface area contributed by atoms with E-state index in [4.69, 9.17) is 5.11 Å². The molecule has 1 rings (SSSR count). The number of aliphatic carboxylic acids is 1. The molecule has 0 aliphatic carbocycles. The zero-order valence-electron chi connectivity index (χ0n) is 11.3. The van der Waals surface area contributed by atoms with E-state index < -0.39 is 11.9 Å². The van der Waals surface area contributed by atoms with Gasteiger partial charge in [0.2, 0.25) is 0 Å². The lowest BCUT2D eigenvalue weighted by Gasteiger charge is -2.15. The maximum atomic E-state index is 11.1. The van der Waals surface area contributed by atoms with Gasteiger partial charge in [-0.05, 0) is 30.5 Å². The maximum absolute atomic E-state index is 11.1. The highest BCUT2D eigenvalue weighted by molar-refractivity contribution is 6.31. The van der Waals surface area contributed by atoms with Gasteiger partial charge in [-0.1, -0.05) is 20.3 Å². The van der Waals surface area contributed by atoms with Crippen LogP contribution in [0.2, 0.25) is 0 Å². The predicted octanol–water partition coefficient (Wildman–Crippen LogP) is 1.56. The Labute approximate surface area is 113 Å². The SMILES string of the molecule is CCCc1ccnc(CC(CC)NC(=O)C(=O)O)c1. The molecule has 0 radical (unpaired) electrons. The summed E-state index contributed by atoms with van der Waals surface area (Å²) in [6.45, 7) is 4.02. The molecule has 1 aromatic heterocycles. The van der Waals surface area contributed by atoms with Crippen LogP contribution < -0.4 is 5.32 Å². The Kier molecular flexibility index (Phi) is 5.99. The molecule has 0 aliphatic heterocycles. The van der Waals surface area contributed by atoms with Gasteiger partial charge in [-0.2, -0.15) is 0 Å². The molecule has 1 amide bonds. The van der Waals surface area contributed by atoms with Crippen LogP contribution in [-0.2, 0) is 22.4 Å². The lowest BCUT2D eigenvalue weighted by Crippen LogP contribution is -2.40. The number of carboxylic acid groups (broad SMARTS) is 1. The van der Waals surface area contributed by atoms with E-state index in [1.807, 2.05) is 19.1 Å². The number of carbonyl (C=O) groups is 2. The molecule has 104 valence electrons. The van der Waals surface area contributed by atoms with Crippen molar-refractivity contribution in [1.29, 1.82) is 0 Å². The first-order valence-electron chi connectivity index (χ1n) is 6.54. The molecule has 5 nitrogen and oxygen atoms in total. The Morgan fingerprint density at radius 1 is 1.42 bits per heavy atom. The molecule has 0 spiro atoms. The number of carboxylic acids is 1. The highest BCUT2D eigenvalue weighted by Gasteiger charge is 2.17. The Morgan fingerprint density at radius 2 is 2.16 bits per heavy atom. The number of carbonyl (C=O) groups excluding carboxylic acids is 1. The first kappa shape index (κ1) is 15.1. The second-order valence-electron chi connectivity index (χ2n) is 4.49. The Hall–Kier alpha value is -1.91. The van der Waals surface area contributed by atoms with Crippen LogP contribution in [0.4, 0.5) is 0 Å². The third-order valence-corrected chi connectivity index (χ3v) is 2.90. The van der Waals surface area contributed by atoms with Crippen molar-refractivity contribution in [3.63, 3.8) is 0 Å². The number of pyridine rings is 1. The van der Waals surface area contributed by atoms with Gasteiger partial charge in [0.05, 0.1) is 0 Å². The third kappa shape index (κ3) is 5.07. The van der Waals surface area contributed by atoms with Crippen molar-refractivity contribution in [3.8, 4) is 0 Å². The van der Waals surface area contributed by atoms with Gasteiger partial charge in [-0.3, -0.25) is 9.78 Å². The Morgan fingerprint density at radius 3 is 2.74 bits per heavy atom. The topological polar surface area (TPSA) is 79.3 Å². The zero-order chi connectivity index (χ0) is 14.3. The molecule has 1 atom stereocenters. The van der Waals surface area contributed by atoms with Crippen molar-refractivity contribution in [1.82, 2.24) is 10.3 Å². The van der Waals surface area contributed by atoms with Gasteiger partial charge in [-0.15, -0.1) is 0 Å². The molecule has 2 N–H and O–H groups in total. The smallest absolute Gasteiger partial charge is 0.394 e. The van der Waals surface area contributed by atoms with E-state index >= 15 is 0 Å². The van der Waals surface area contributed by atoms with Crippen LogP contribution in [-0.4, -0.2) is 28.0 Å².